The largest absolute Gasteiger partial charge is 0.207 e. The van der Waals surface area contributed by atoms with Gasteiger partial charge in [-0.25, -0.2) is 4.39 Å². The Labute approximate surface area is 110 Å². The molecule has 2 aromatic rings. The minimum absolute atomic E-state index is 0.175. The Morgan fingerprint density at radius 3 is 2.50 bits per heavy atom. The monoisotopic (exact) mass is 257 g/mol. The summed E-state index contributed by atoms with van der Waals surface area (Å²) in [5.74, 6) is -0.209. The van der Waals surface area contributed by atoms with Crippen molar-refractivity contribution in [1.82, 2.24) is 0 Å². The second-order valence-corrected chi connectivity index (χ2v) is 5.37. The van der Waals surface area contributed by atoms with Gasteiger partial charge in [0, 0.05) is 10.1 Å². The summed E-state index contributed by atoms with van der Waals surface area (Å²) in [5, 5.41) is 8.90. The number of nitrogens with zero attached hydrogens (tertiary/aromatic N) is 1. The van der Waals surface area contributed by atoms with Gasteiger partial charge in [-0.1, -0.05) is 12.1 Å². The summed E-state index contributed by atoms with van der Waals surface area (Å²) in [6.45, 7) is 2.04. The molecule has 18 heavy (non-hydrogen) atoms. The van der Waals surface area contributed by atoms with E-state index in [1.165, 1.54) is 6.07 Å². The Balaban J connectivity index is 2.11. The highest BCUT2D eigenvalue weighted by Gasteiger charge is 2.08. The van der Waals surface area contributed by atoms with E-state index in [9.17, 15) is 4.39 Å². The molecule has 0 amide bonds. The van der Waals surface area contributed by atoms with E-state index in [1.807, 2.05) is 25.1 Å². The molecule has 0 fully saturated rings. The van der Waals surface area contributed by atoms with Gasteiger partial charge in [0.15, 0.2) is 0 Å². The Morgan fingerprint density at radius 2 is 1.89 bits per heavy atom. The molecule has 0 saturated carbocycles. The number of hydrogen-bond acceptors (Lipinski definition) is 2. The number of halogens is 1. The maximum atomic E-state index is 13.1. The molecule has 2 aromatic carbocycles. The fourth-order valence-corrected chi connectivity index (χ4v) is 2.62. The van der Waals surface area contributed by atoms with E-state index in [4.69, 9.17) is 5.26 Å². The summed E-state index contributed by atoms with van der Waals surface area (Å²) in [4.78, 5) is 1.07. The number of hydrogen-bond donors (Lipinski definition) is 0. The number of benzene rings is 2. The second kappa shape index (κ2) is 5.70. The highest BCUT2D eigenvalue weighted by Crippen LogP contribution is 2.34. The van der Waals surface area contributed by atoms with Crippen LogP contribution in [0.1, 0.15) is 23.3 Å². The zero-order valence-corrected chi connectivity index (χ0v) is 10.7. The molecular formula is C15H12FNS. The van der Waals surface area contributed by atoms with Crippen molar-refractivity contribution in [3.05, 3.63) is 65.5 Å². The quantitative estimate of drug-likeness (QED) is 0.753. The van der Waals surface area contributed by atoms with Crippen molar-refractivity contribution < 1.29 is 4.39 Å². The fraction of sp³-hybridized carbons (Fsp3) is 0.133. The van der Waals surface area contributed by atoms with E-state index < -0.39 is 0 Å². The van der Waals surface area contributed by atoms with Crippen molar-refractivity contribution in [2.24, 2.45) is 0 Å². The molecule has 2 rings (SSSR count). The maximum absolute atomic E-state index is 13.1. The van der Waals surface area contributed by atoms with Crippen molar-refractivity contribution in [2.45, 2.75) is 17.1 Å². The molecule has 0 spiro atoms. The minimum atomic E-state index is -0.209. The van der Waals surface area contributed by atoms with Crippen LogP contribution in [-0.4, -0.2) is 0 Å². The molecule has 0 aliphatic carbocycles. The molecule has 0 N–H and O–H groups in total. The smallest absolute Gasteiger partial charge is 0.123 e. The lowest BCUT2D eigenvalue weighted by Gasteiger charge is -2.11. The topological polar surface area (TPSA) is 23.8 Å². The molecule has 0 bridgehead atoms. The molecule has 90 valence electrons. The summed E-state index contributed by atoms with van der Waals surface area (Å²) in [6, 6.07) is 16.2. The van der Waals surface area contributed by atoms with Gasteiger partial charge in [0.25, 0.3) is 0 Å². The minimum Gasteiger partial charge on any atom is -0.207 e. The van der Waals surface area contributed by atoms with Crippen LogP contribution >= 0.6 is 11.8 Å². The molecule has 1 nitrogen and oxygen atoms in total. The van der Waals surface area contributed by atoms with Crippen molar-refractivity contribution in [2.75, 3.05) is 0 Å². The Bertz CT molecular complexity index is 572. The van der Waals surface area contributed by atoms with Crippen LogP contribution in [0.4, 0.5) is 4.39 Å². The van der Waals surface area contributed by atoms with Gasteiger partial charge in [0.05, 0.1) is 11.6 Å². The van der Waals surface area contributed by atoms with Crippen LogP contribution in [0, 0.1) is 17.1 Å². The van der Waals surface area contributed by atoms with Gasteiger partial charge >= 0.3 is 0 Å². The highest BCUT2D eigenvalue weighted by molar-refractivity contribution is 7.99. The molecule has 0 aromatic heterocycles. The average molecular weight is 257 g/mol. The Morgan fingerprint density at radius 1 is 1.17 bits per heavy atom. The van der Waals surface area contributed by atoms with E-state index in [-0.39, 0.29) is 11.1 Å². The highest BCUT2D eigenvalue weighted by atomic mass is 32.2. The van der Waals surface area contributed by atoms with E-state index in [0.717, 1.165) is 10.5 Å². The molecule has 0 aliphatic heterocycles. The van der Waals surface area contributed by atoms with Crippen molar-refractivity contribution in [3.8, 4) is 6.07 Å². The van der Waals surface area contributed by atoms with Gasteiger partial charge in [-0.15, -0.1) is 11.8 Å². The second-order valence-electron chi connectivity index (χ2n) is 3.95. The summed E-state index contributed by atoms with van der Waals surface area (Å²) in [6.07, 6.45) is 0. The SMILES string of the molecule is CC(Sc1ccc(C#N)cc1)c1cccc(F)c1. The van der Waals surface area contributed by atoms with Crippen LogP contribution in [0.2, 0.25) is 0 Å². The molecule has 0 heterocycles. The van der Waals surface area contributed by atoms with Crippen LogP contribution in [0.5, 0.6) is 0 Å². The van der Waals surface area contributed by atoms with Crippen LogP contribution in [-0.2, 0) is 0 Å². The summed E-state index contributed by atoms with van der Waals surface area (Å²) in [7, 11) is 0. The van der Waals surface area contributed by atoms with Gasteiger partial charge in [0.2, 0.25) is 0 Å². The van der Waals surface area contributed by atoms with Crippen LogP contribution < -0.4 is 0 Å². The van der Waals surface area contributed by atoms with Crippen LogP contribution in [0.15, 0.2) is 53.4 Å². The average Bonchev–Trinajstić information content (AvgIpc) is 2.39. The van der Waals surface area contributed by atoms with Crippen molar-refractivity contribution in [1.29, 1.82) is 5.26 Å². The zero-order chi connectivity index (χ0) is 13.0. The molecule has 0 aliphatic rings. The molecular weight excluding hydrogens is 245 g/mol. The first-order valence-electron chi connectivity index (χ1n) is 5.61. The van der Waals surface area contributed by atoms with Crippen LogP contribution in [0.3, 0.4) is 0 Å². The van der Waals surface area contributed by atoms with E-state index in [0.29, 0.717) is 5.56 Å². The van der Waals surface area contributed by atoms with E-state index in [1.54, 1.807) is 36.0 Å². The van der Waals surface area contributed by atoms with Gasteiger partial charge in [-0.2, -0.15) is 5.26 Å². The predicted octanol–water partition coefficient (Wildman–Crippen LogP) is 4.55. The number of nitriles is 1. The van der Waals surface area contributed by atoms with Gasteiger partial charge in [0.1, 0.15) is 5.82 Å². The lowest BCUT2D eigenvalue weighted by atomic mass is 10.2. The maximum Gasteiger partial charge on any atom is 0.123 e. The number of thioether (sulfide) groups is 1. The Hall–Kier alpha value is -1.79. The third-order valence-corrected chi connectivity index (χ3v) is 3.78. The van der Waals surface area contributed by atoms with E-state index >= 15 is 0 Å². The van der Waals surface area contributed by atoms with E-state index in [2.05, 4.69) is 6.07 Å². The molecule has 1 unspecified atom stereocenters. The van der Waals surface area contributed by atoms with Crippen molar-refractivity contribution >= 4 is 11.8 Å². The summed E-state index contributed by atoms with van der Waals surface area (Å²) >= 11 is 1.65. The van der Waals surface area contributed by atoms with Crippen molar-refractivity contribution in [3.63, 3.8) is 0 Å². The summed E-state index contributed by atoms with van der Waals surface area (Å²) in [5.41, 5.74) is 1.61. The fourth-order valence-electron chi connectivity index (χ4n) is 1.64. The predicted molar refractivity (Wildman–Crippen MR) is 71.8 cm³/mol. The van der Waals surface area contributed by atoms with Crippen LogP contribution in [0.25, 0.3) is 0 Å². The Kier molecular flexibility index (Phi) is 4.01. The first-order chi connectivity index (χ1) is 8.69. The lowest BCUT2D eigenvalue weighted by Crippen LogP contribution is -1.89. The first-order valence-corrected chi connectivity index (χ1v) is 6.49. The summed E-state index contributed by atoms with van der Waals surface area (Å²) < 4.78 is 13.1. The number of rotatable bonds is 3. The zero-order valence-electron chi connectivity index (χ0n) is 9.93. The third kappa shape index (κ3) is 3.12. The third-order valence-electron chi connectivity index (χ3n) is 2.61. The van der Waals surface area contributed by atoms with Gasteiger partial charge in [-0.3, -0.25) is 0 Å². The molecule has 0 saturated heterocycles. The van der Waals surface area contributed by atoms with Gasteiger partial charge in [-0.05, 0) is 48.9 Å². The first kappa shape index (κ1) is 12.7. The lowest BCUT2D eigenvalue weighted by molar-refractivity contribution is 0.625. The molecule has 3 heteroatoms. The van der Waals surface area contributed by atoms with Gasteiger partial charge < -0.3 is 0 Å². The molecule has 0 radical (unpaired) electrons. The normalized spacial score (nSPS) is 11.8. The standard InChI is InChI=1S/C15H12FNS/c1-11(13-3-2-4-14(16)9-13)18-15-7-5-12(10-17)6-8-15/h2-9,11H,1H3. The molecule has 1 atom stereocenters.